The number of nitrogens with zero attached hydrogens (tertiary/aromatic N) is 2. The number of hydrogen-bond acceptors (Lipinski definition) is 3. The average molecular weight is 259 g/mol. The van der Waals surface area contributed by atoms with Crippen LogP contribution in [0.3, 0.4) is 0 Å². The summed E-state index contributed by atoms with van der Waals surface area (Å²) in [6.07, 6.45) is 1.33. The topological polar surface area (TPSA) is 58.6 Å². The van der Waals surface area contributed by atoms with E-state index in [4.69, 9.17) is 0 Å². The molecule has 1 heterocycles. The zero-order chi connectivity index (χ0) is 5.11. The molecule has 0 atom stereocenters. The minimum Gasteiger partial charge on any atom is -0.268 e. The van der Waals surface area contributed by atoms with Gasteiger partial charge in [0.25, 0.3) is 5.56 Å². The maximum Gasteiger partial charge on any atom is 0.267 e. The van der Waals surface area contributed by atoms with Gasteiger partial charge in [0, 0.05) is 6.07 Å². The lowest BCUT2D eigenvalue weighted by molar-refractivity contribution is 0.840. The van der Waals surface area contributed by atoms with E-state index in [1.165, 1.54) is 12.3 Å². The monoisotopic (exact) mass is 257 g/mol. The molecule has 0 bridgehead atoms. The van der Waals surface area contributed by atoms with Crippen LogP contribution in [0.2, 0.25) is 0 Å². The maximum absolute atomic E-state index is 10.1. The Morgan fingerprint density at radius 3 is 2.33 bits per heavy atom. The summed E-state index contributed by atoms with van der Waals surface area (Å²) < 4.78 is 0. The number of aromatic nitrogens is 3. The van der Waals surface area contributed by atoms with E-state index in [1.54, 1.807) is 0 Å². The Bertz CT molecular complexity index is 183. The van der Waals surface area contributed by atoms with Crippen LogP contribution in [-0.4, -0.2) is 15.4 Å². The highest BCUT2D eigenvalue weighted by Gasteiger charge is 1.71. The molecule has 52 valence electrons. The van der Waals surface area contributed by atoms with E-state index in [0.717, 1.165) is 0 Å². The summed E-state index contributed by atoms with van der Waals surface area (Å²) in [5.74, 6) is 0. The van der Waals surface area contributed by atoms with Crippen LogP contribution in [-0.2, 0) is 0 Å². The summed E-state index contributed by atoms with van der Waals surface area (Å²) in [5.41, 5.74) is -0.227. The second kappa shape index (κ2) is 5.90. The lowest BCUT2D eigenvalue weighted by Crippen LogP contribution is -2.05. The molecule has 1 rings (SSSR count). The summed E-state index contributed by atoms with van der Waals surface area (Å²) in [4.78, 5) is 10.1. The minimum atomic E-state index is -0.227. The highest BCUT2D eigenvalue weighted by molar-refractivity contribution is 8.93. The minimum absolute atomic E-state index is 0. The zero-order valence-electron chi connectivity index (χ0n) is 4.27. The lowest BCUT2D eigenvalue weighted by Gasteiger charge is -1.71. The van der Waals surface area contributed by atoms with E-state index in [1.807, 2.05) is 0 Å². The van der Waals surface area contributed by atoms with Crippen molar-refractivity contribution in [2.45, 2.75) is 0 Å². The predicted octanol–water partition coefficient (Wildman–Crippen LogP) is 0.321. The van der Waals surface area contributed by atoms with Gasteiger partial charge in [0.05, 0.1) is 6.20 Å². The second-order valence-corrected chi connectivity index (χ2v) is 1.01. The fraction of sp³-hybridized carbons (Fsp3) is 0. The summed E-state index contributed by atoms with van der Waals surface area (Å²) in [6.45, 7) is 0. The van der Waals surface area contributed by atoms with Crippen molar-refractivity contribution in [1.29, 1.82) is 0 Å². The van der Waals surface area contributed by atoms with Gasteiger partial charge in [-0.15, -0.1) is 39.1 Å². The van der Waals surface area contributed by atoms with E-state index in [2.05, 4.69) is 15.4 Å². The number of rotatable bonds is 0. The van der Waals surface area contributed by atoms with Crippen LogP contribution in [0.4, 0.5) is 0 Å². The maximum atomic E-state index is 10.1. The fourth-order valence-electron chi connectivity index (χ4n) is 0.250. The molecule has 0 saturated carbocycles. The molecule has 0 unspecified atom stereocenters. The molecule has 0 fully saturated rings. The first-order valence-electron chi connectivity index (χ1n) is 1.76. The molecule has 0 aliphatic rings. The van der Waals surface area contributed by atoms with Crippen LogP contribution in [0.1, 0.15) is 0 Å². The van der Waals surface area contributed by atoms with Gasteiger partial charge in [-0.2, -0.15) is 0 Å². The van der Waals surface area contributed by atoms with Crippen molar-refractivity contribution < 1.29 is 0 Å². The third-order valence-electron chi connectivity index (χ3n) is 0.511. The Kier molecular flexibility index (Phi) is 7.57. The molecule has 0 saturated heterocycles. The van der Waals surface area contributed by atoms with Gasteiger partial charge >= 0.3 is 0 Å². The molecular formula is C3H5Br2N3O. The highest BCUT2D eigenvalue weighted by atomic mass is 79.9. The van der Waals surface area contributed by atoms with Crippen molar-refractivity contribution in [1.82, 2.24) is 15.4 Å². The van der Waals surface area contributed by atoms with Gasteiger partial charge in [0.15, 0.2) is 0 Å². The largest absolute Gasteiger partial charge is 0.268 e. The Hall–Kier alpha value is -0.230. The van der Waals surface area contributed by atoms with Crippen molar-refractivity contribution in [2.75, 3.05) is 0 Å². The quantitative estimate of drug-likeness (QED) is 0.729. The third-order valence-corrected chi connectivity index (χ3v) is 0.511. The van der Waals surface area contributed by atoms with E-state index >= 15 is 0 Å². The number of halogens is 2. The van der Waals surface area contributed by atoms with Gasteiger partial charge in [-0.3, -0.25) is 4.79 Å². The highest BCUT2D eigenvalue weighted by Crippen LogP contribution is 1.52. The molecule has 0 spiro atoms. The van der Waals surface area contributed by atoms with E-state index in [9.17, 15) is 4.79 Å². The summed E-state index contributed by atoms with van der Waals surface area (Å²) in [7, 11) is 0. The van der Waals surface area contributed by atoms with Gasteiger partial charge in [0.2, 0.25) is 0 Å². The van der Waals surface area contributed by atoms with Crippen molar-refractivity contribution in [2.24, 2.45) is 0 Å². The van der Waals surface area contributed by atoms with E-state index < -0.39 is 0 Å². The molecule has 1 N–H and O–H groups in total. The van der Waals surface area contributed by atoms with Gasteiger partial charge < -0.3 is 0 Å². The van der Waals surface area contributed by atoms with Crippen LogP contribution >= 0.6 is 34.0 Å². The molecule has 0 aliphatic carbocycles. The van der Waals surface area contributed by atoms with Crippen molar-refractivity contribution in [3.8, 4) is 0 Å². The summed E-state index contributed by atoms with van der Waals surface area (Å²) in [5, 5.41) is 8.65. The third kappa shape index (κ3) is 4.28. The summed E-state index contributed by atoms with van der Waals surface area (Å²) in [6, 6.07) is 1.30. The zero-order valence-corrected chi connectivity index (χ0v) is 7.70. The van der Waals surface area contributed by atoms with Crippen LogP contribution in [0.15, 0.2) is 17.1 Å². The van der Waals surface area contributed by atoms with E-state index in [0.29, 0.717) is 0 Å². The molecule has 0 amide bonds. The molecule has 6 heteroatoms. The van der Waals surface area contributed by atoms with Crippen LogP contribution in [0.5, 0.6) is 0 Å². The summed E-state index contributed by atoms with van der Waals surface area (Å²) >= 11 is 0. The lowest BCUT2D eigenvalue weighted by atomic mass is 10.7. The standard InChI is InChI=1S/C3H3N3O.2BrH/c7-3-1-2-4-6-5-3;;/h1-2H,(H,4,5,7);2*1H. The first kappa shape index (κ1) is 11.6. The number of aromatic amines is 1. The predicted molar refractivity (Wildman–Crippen MR) is 43.3 cm³/mol. The number of nitrogens with one attached hydrogen (secondary N) is 1. The first-order chi connectivity index (χ1) is 3.39. The SMILES string of the molecule is Br.Br.O=c1ccnn[nH]1. The molecule has 4 nitrogen and oxygen atoms in total. The second-order valence-electron chi connectivity index (χ2n) is 1.01. The molecule has 0 radical (unpaired) electrons. The smallest absolute Gasteiger partial charge is 0.267 e. The number of H-pyrrole nitrogens is 1. The fourth-order valence-corrected chi connectivity index (χ4v) is 0.250. The molecule has 0 aliphatic heterocycles. The van der Waals surface area contributed by atoms with Gasteiger partial charge in [-0.05, 0) is 0 Å². The first-order valence-corrected chi connectivity index (χ1v) is 1.76. The van der Waals surface area contributed by atoms with Crippen molar-refractivity contribution >= 4 is 34.0 Å². The van der Waals surface area contributed by atoms with Crippen molar-refractivity contribution in [3.05, 3.63) is 22.6 Å². The normalized spacial score (nSPS) is 6.67. The van der Waals surface area contributed by atoms with Gasteiger partial charge in [-0.1, -0.05) is 5.21 Å². The Morgan fingerprint density at radius 2 is 2.11 bits per heavy atom. The molecular weight excluding hydrogens is 254 g/mol. The van der Waals surface area contributed by atoms with Gasteiger partial charge in [-0.25, -0.2) is 5.10 Å². The average Bonchev–Trinajstić information content (AvgIpc) is 1.69. The molecule has 0 aromatic carbocycles. The van der Waals surface area contributed by atoms with Gasteiger partial charge in [0.1, 0.15) is 0 Å². The number of hydrogen-bond donors (Lipinski definition) is 1. The molecule has 1 aromatic rings. The Labute approximate surface area is 72.2 Å². The Morgan fingerprint density at radius 1 is 1.44 bits per heavy atom. The Balaban J connectivity index is 0. The molecule has 9 heavy (non-hydrogen) atoms. The van der Waals surface area contributed by atoms with Crippen LogP contribution < -0.4 is 5.56 Å². The van der Waals surface area contributed by atoms with E-state index in [-0.39, 0.29) is 39.5 Å². The van der Waals surface area contributed by atoms with Crippen LogP contribution in [0, 0.1) is 0 Å². The van der Waals surface area contributed by atoms with Crippen molar-refractivity contribution in [3.63, 3.8) is 0 Å². The molecule has 1 aromatic heterocycles. The van der Waals surface area contributed by atoms with Crippen LogP contribution in [0.25, 0.3) is 0 Å².